The fourth-order valence-electron chi connectivity index (χ4n) is 3.98. The second-order valence-electron chi connectivity index (χ2n) is 8.40. The number of carbonyl (C=O) groups excluding carboxylic acids is 1. The maximum atomic E-state index is 14.4. The van der Waals surface area contributed by atoms with E-state index >= 15 is 0 Å². The minimum absolute atomic E-state index is 0.0202. The first kappa shape index (κ1) is 27.3. The van der Waals surface area contributed by atoms with Crippen molar-refractivity contribution in [2.24, 2.45) is 0 Å². The summed E-state index contributed by atoms with van der Waals surface area (Å²) in [5, 5.41) is 12.8. The molecule has 4 heterocycles. The number of methoxy groups -OCH3 is 1. The smallest absolute Gasteiger partial charge is 0.446 e. The monoisotopic (exact) mass is 551 g/mol. The Morgan fingerprint density at radius 1 is 1.26 bits per heavy atom. The van der Waals surface area contributed by atoms with Gasteiger partial charge in [-0.2, -0.15) is 18.3 Å². The van der Waals surface area contributed by atoms with Crippen molar-refractivity contribution in [1.82, 2.24) is 24.8 Å². The average Bonchev–Trinajstić information content (AvgIpc) is 3.38. The Balaban J connectivity index is 1.62. The normalized spacial score (nSPS) is 17.7. The van der Waals surface area contributed by atoms with Crippen molar-refractivity contribution in [1.29, 1.82) is 0 Å². The minimum atomic E-state index is -4.57. The summed E-state index contributed by atoms with van der Waals surface area (Å²) in [6, 6.07) is 7.24. The highest BCUT2D eigenvalue weighted by atomic mass is 32.2. The van der Waals surface area contributed by atoms with Gasteiger partial charge < -0.3 is 25.6 Å². The van der Waals surface area contributed by atoms with Crippen LogP contribution in [0.15, 0.2) is 35.2 Å². The number of anilines is 2. The van der Waals surface area contributed by atoms with Crippen LogP contribution in [0.25, 0.3) is 5.52 Å². The summed E-state index contributed by atoms with van der Waals surface area (Å²) in [5.41, 5.74) is -4.31. The summed E-state index contributed by atoms with van der Waals surface area (Å²) < 4.78 is 61.2. The van der Waals surface area contributed by atoms with Gasteiger partial charge in [0.25, 0.3) is 5.91 Å². The lowest BCUT2D eigenvalue weighted by Crippen LogP contribution is -2.30. The van der Waals surface area contributed by atoms with Gasteiger partial charge in [-0.1, -0.05) is 12.0 Å². The molecule has 0 spiro atoms. The lowest BCUT2D eigenvalue weighted by molar-refractivity contribution is -0.0327. The van der Waals surface area contributed by atoms with E-state index in [1.54, 1.807) is 25.2 Å². The number of hydrogen-bond donors (Lipinski definition) is 3. The molecular weight excluding hydrogens is 526 g/mol. The van der Waals surface area contributed by atoms with Crippen molar-refractivity contribution in [2.75, 3.05) is 51.5 Å². The van der Waals surface area contributed by atoms with Crippen molar-refractivity contribution in [3.8, 4) is 17.6 Å². The number of alkyl halides is 4. The molecule has 0 bridgehead atoms. The van der Waals surface area contributed by atoms with E-state index < -0.39 is 23.6 Å². The maximum absolute atomic E-state index is 14.4. The van der Waals surface area contributed by atoms with Crippen molar-refractivity contribution in [2.45, 2.75) is 22.6 Å². The van der Waals surface area contributed by atoms with Gasteiger partial charge in [0.2, 0.25) is 0 Å². The van der Waals surface area contributed by atoms with Crippen LogP contribution in [0, 0.1) is 11.8 Å². The molecule has 3 N–H and O–H groups in total. The zero-order valence-corrected chi connectivity index (χ0v) is 21.5. The number of amides is 1. The molecule has 0 unspecified atom stereocenters. The van der Waals surface area contributed by atoms with E-state index in [-0.39, 0.29) is 52.5 Å². The Kier molecular flexibility index (Phi) is 8.17. The van der Waals surface area contributed by atoms with Crippen molar-refractivity contribution < 1.29 is 27.1 Å². The van der Waals surface area contributed by atoms with Crippen LogP contribution in [0.4, 0.5) is 29.2 Å². The van der Waals surface area contributed by atoms with Gasteiger partial charge in [-0.15, -0.1) is 0 Å². The Morgan fingerprint density at radius 3 is 2.71 bits per heavy atom. The molecule has 2 atom stereocenters. The molecular formula is C24H25F4N7O2S. The third kappa shape index (κ3) is 6.22. The van der Waals surface area contributed by atoms with E-state index in [1.165, 1.54) is 30.8 Å². The number of nitrogens with zero attached hydrogens (tertiary/aromatic N) is 4. The third-order valence-corrected chi connectivity index (χ3v) is 6.52. The van der Waals surface area contributed by atoms with Gasteiger partial charge in [0, 0.05) is 20.1 Å². The molecule has 0 aliphatic carbocycles. The van der Waals surface area contributed by atoms with Crippen molar-refractivity contribution in [3.05, 3.63) is 41.7 Å². The van der Waals surface area contributed by atoms with Gasteiger partial charge in [-0.3, -0.25) is 4.79 Å². The Hall–Kier alpha value is -3.70. The van der Waals surface area contributed by atoms with E-state index in [1.807, 2.05) is 4.90 Å². The first-order valence-electron chi connectivity index (χ1n) is 11.5. The molecule has 202 valence electrons. The van der Waals surface area contributed by atoms with Crippen LogP contribution in [0.3, 0.4) is 0 Å². The predicted molar refractivity (Wildman–Crippen MR) is 136 cm³/mol. The molecule has 1 amide bonds. The second-order valence-corrected chi connectivity index (χ2v) is 9.48. The average molecular weight is 552 g/mol. The van der Waals surface area contributed by atoms with Gasteiger partial charge in [0.15, 0.2) is 11.6 Å². The minimum Gasteiger partial charge on any atom is -0.493 e. The second kappa shape index (κ2) is 11.4. The molecule has 1 fully saturated rings. The van der Waals surface area contributed by atoms with Crippen LogP contribution in [0.5, 0.6) is 5.75 Å². The molecule has 0 saturated carbocycles. The molecule has 38 heavy (non-hydrogen) atoms. The van der Waals surface area contributed by atoms with E-state index in [0.29, 0.717) is 18.1 Å². The molecule has 14 heteroatoms. The molecule has 4 rings (SSSR count). The predicted octanol–water partition coefficient (Wildman–Crippen LogP) is 3.24. The van der Waals surface area contributed by atoms with Gasteiger partial charge in [-0.25, -0.2) is 13.9 Å². The standard InChI is InChI=1S/C24H25F4N7O2S/c1-29-23(36)16-9-10-19(37-3)22(32-16)30-11-5-6-15-21(38-24(26,27)28)18-7-4-8-20(35(18)33-15)31-17-13-34(2)12-14(17)25/h4,7-10,14,17,31H,11-13H2,1-3H3,(H,29,36)(H,30,32)/t14-,17+/m0/s1. The summed E-state index contributed by atoms with van der Waals surface area (Å²) in [4.78, 5) is 17.8. The lowest BCUT2D eigenvalue weighted by atomic mass is 10.2. The topological polar surface area (TPSA) is 95.8 Å². The number of fused-ring (bicyclic) bond motifs is 1. The number of ether oxygens (including phenoxy) is 1. The first-order valence-corrected chi connectivity index (χ1v) is 12.3. The quantitative estimate of drug-likeness (QED) is 0.234. The SMILES string of the molecule is CNC(=O)c1ccc(OC)c(NCC#Cc2nn3c(N[C@@H]4CN(C)C[C@@H]4F)cccc3c2SC(F)(F)F)n1. The molecule has 9 nitrogen and oxygen atoms in total. The number of halogens is 4. The van der Waals surface area contributed by atoms with Gasteiger partial charge in [0.1, 0.15) is 23.4 Å². The zero-order chi connectivity index (χ0) is 27.4. The molecule has 3 aromatic heterocycles. The summed E-state index contributed by atoms with van der Waals surface area (Å²) in [5.74, 6) is 6.03. The van der Waals surface area contributed by atoms with Crippen LogP contribution in [-0.2, 0) is 0 Å². The number of aromatic nitrogens is 3. The maximum Gasteiger partial charge on any atom is 0.446 e. The number of rotatable bonds is 7. The lowest BCUT2D eigenvalue weighted by Gasteiger charge is -2.16. The van der Waals surface area contributed by atoms with Crippen LogP contribution >= 0.6 is 11.8 Å². The Bertz CT molecular complexity index is 1390. The molecule has 1 aliphatic heterocycles. The molecule has 1 saturated heterocycles. The number of hydrogen-bond acceptors (Lipinski definition) is 8. The van der Waals surface area contributed by atoms with Crippen molar-refractivity contribution >= 4 is 34.8 Å². The van der Waals surface area contributed by atoms with E-state index in [2.05, 4.69) is 37.9 Å². The number of likely N-dealkylation sites (N-methyl/N-ethyl adjacent to an activating group) is 1. The Morgan fingerprint density at radius 2 is 2.05 bits per heavy atom. The molecule has 0 radical (unpaired) electrons. The van der Waals surface area contributed by atoms with Crippen molar-refractivity contribution in [3.63, 3.8) is 0 Å². The van der Waals surface area contributed by atoms with Gasteiger partial charge in [0.05, 0.1) is 30.1 Å². The van der Waals surface area contributed by atoms with E-state index in [0.717, 1.165) is 0 Å². The third-order valence-electron chi connectivity index (χ3n) is 5.68. The van der Waals surface area contributed by atoms with Crippen LogP contribution in [0.1, 0.15) is 16.2 Å². The Labute approximate surface area is 220 Å². The fraction of sp³-hybridized carbons (Fsp3) is 0.375. The highest BCUT2D eigenvalue weighted by molar-refractivity contribution is 8.00. The highest BCUT2D eigenvalue weighted by Crippen LogP contribution is 2.41. The van der Waals surface area contributed by atoms with E-state index in [4.69, 9.17) is 4.74 Å². The summed E-state index contributed by atoms with van der Waals surface area (Å²) in [6.45, 7) is 0.685. The molecule has 3 aromatic rings. The summed E-state index contributed by atoms with van der Waals surface area (Å²) >= 11 is -0.309. The van der Waals surface area contributed by atoms with E-state index in [9.17, 15) is 22.4 Å². The van der Waals surface area contributed by atoms with Crippen LogP contribution in [-0.4, -0.2) is 84.0 Å². The molecule has 0 aromatic carbocycles. The number of nitrogens with one attached hydrogen (secondary N) is 3. The first-order chi connectivity index (χ1) is 18.1. The van der Waals surface area contributed by atoms with Crippen LogP contribution in [0.2, 0.25) is 0 Å². The number of thioether (sulfide) groups is 1. The largest absolute Gasteiger partial charge is 0.493 e. The number of pyridine rings is 2. The van der Waals surface area contributed by atoms with Gasteiger partial charge >= 0.3 is 5.51 Å². The molecule has 1 aliphatic rings. The summed E-state index contributed by atoms with van der Waals surface area (Å²) in [6.07, 6.45) is -1.13. The number of carbonyl (C=O) groups is 1. The number of likely N-dealkylation sites (tertiary alicyclic amines) is 1. The fourth-order valence-corrected chi connectivity index (χ4v) is 4.66. The van der Waals surface area contributed by atoms with Crippen LogP contribution < -0.4 is 20.7 Å². The highest BCUT2D eigenvalue weighted by Gasteiger charge is 2.34. The zero-order valence-electron chi connectivity index (χ0n) is 20.7. The summed E-state index contributed by atoms with van der Waals surface area (Å²) in [7, 11) is 4.70. The van der Waals surface area contributed by atoms with Gasteiger partial charge in [-0.05, 0) is 49.0 Å².